The van der Waals surface area contributed by atoms with E-state index >= 15 is 0 Å². The molecule has 0 aromatic heterocycles. The molecule has 7 heteroatoms. The highest BCUT2D eigenvalue weighted by molar-refractivity contribution is 6.32. The van der Waals surface area contributed by atoms with Gasteiger partial charge in [-0.15, -0.1) is 0 Å². The lowest BCUT2D eigenvalue weighted by Gasteiger charge is -1.88. The van der Waals surface area contributed by atoms with Crippen LogP contribution in [0.4, 0.5) is 0 Å². The summed E-state index contributed by atoms with van der Waals surface area (Å²) in [5.41, 5.74) is 0. The third kappa shape index (κ3) is 8.53. The Balaban J connectivity index is -0.000000405. The maximum absolute atomic E-state index is 10.2. The van der Waals surface area contributed by atoms with Crippen LogP contribution in [0.25, 0.3) is 0 Å². The first-order valence-corrected chi connectivity index (χ1v) is 2.52. The first kappa shape index (κ1) is 16.9. The Hall–Kier alpha value is -1.47. The highest BCUT2D eigenvalue weighted by Gasteiger charge is 2.12. The van der Waals surface area contributed by atoms with Gasteiger partial charge in [0.15, 0.2) is 0 Å². The molecule has 0 fully saturated rings. The number of carbonyl (C=O) groups is 3. The quantitative estimate of drug-likeness (QED) is 0.474. The Morgan fingerprint density at radius 3 is 1.58 bits per heavy atom. The highest BCUT2D eigenvalue weighted by atomic mass is 16.4. The van der Waals surface area contributed by atoms with Crippen molar-refractivity contribution in [1.29, 1.82) is 0 Å². The van der Waals surface area contributed by atoms with Crippen LogP contribution in [0.3, 0.4) is 0 Å². The van der Waals surface area contributed by atoms with Crippen LogP contribution in [0.15, 0.2) is 0 Å². The number of hydrogen-bond acceptors (Lipinski definition) is 3. The Morgan fingerprint density at radius 1 is 0.917 bits per heavy atom. The molecule has 7 nitrogen and oxygen atoms in total. The number of carboxylic acids is 2. The van der Waals surface area contributed by atoms with E-state index in [1.54, 1.807) is 0 Å². The van der Waals surface area contributed by atoms with E-state index in [2.05, 4.69) is 0 Å². The van der Waals surface area contributed by atoms with Gasteiger partial charge in [0.2, 0.25) is 5.78 Å². The fourth-order valence-corrected chi connectivity index (χ4v) is 0.327. The van der Waals surface area contributed by atoms with E-state index in [4.69, 9.17) is 10.2 Å². The maximum atomic E-state index is 10.2. The van der Waals surface area contributed by atoms with Crippen molar-refractivity contribution in [2.45, 2.75) is 12.8 Å². The highest BCUT2D eigenvalue weighted by Crippen LogP contribution is 1.89. The van der Waals surface area contributed by atoms with Crippen molar-refractivity contribution in [2.75, 3.05) is 0 Å². The summed E-state index contributed by atoms with van der Waals surface area (Å²) in [6, 6.07) is 0. The van der Waals surface area contributed by atoms with E-state index in [1.807, 2.05) is 0 Å². The zero-order valence-electron chi connectivity index (χ0n) is 6.03. The minimum absolute atomic E-state index is 0. The van der Waals surface area contributed by atoms with Crippen LogP contribution < -0.4 is 0 Å². The third-order valence-corrected chi connectivity index (χ3v) is 0.804. The topological polar surface area (TPSA) is 155 Å². The van der Waals surface area contributed by atoms with Crippen molar-refractivity contribution in [3.8, 4) is 0 Å². The lowest BCUT2D eigenvalue weighted by molar-refractivity contribution is -0.149. The fourth-order valence-electron chi connectivity index (χ4n) is 0.327. The first-order valence-electron chi connectivity index (χ1n) is 2.52. The minimum atomic E-state index is -1.58. The molecule has 0 aliphatic carbocycles. The molecule has 0 unspecified atom stereocenters. The van der Waals surface area contributed by atoms with E-state index in [0.717, 1.165) is 0 Å². The second-order valence-corrected chi connectivity index (χ2v) is 1.62. The summed E-state index contributed by atoms with van der Waals surface area (Å²) >= 11 is 0. The van der Waals surface area contributed by atoms with Gasteiger partial charge in [-0.2, -0.15) is 0 Å². The van der Waals surface area contributed by atoms with Gasteiger partial charge >= 0.3 is 11.9 Å². The molecular formula is C5H10O7. The molecule has 12 heavy (non-hydrogen) atoms. The van der Waals surface area contributed by atoms with E-state index < -0.39 is 30.6 Å². The molecular weight excluding hydrogens is 172 g/mol. The summed E-state index contributed by atoms with van der Waals surface area (Å²) in [6.07, 6.45) is -0.865. The number of aliphatic carboxylic acids is 2. The van der Waals surface area contributed by atoms with Gasteiger partial charge in [-0.25, -0.2) is 4.79 Å². The van der Waals surface area contributed by atoms with Gasteiger partial charge in [-0.1, -0.05) is 0 Å². The molecule has 0 amide bonds. The number of hydrogen-bond donors (Lipinski definition) is 2. The zero-order chi connectivity index (χ0) is 8.15. The second kappa shape index (κ2) is 7.63. The molecule has 0 aliphatic heterocycles. The number of ketones is 1. The molecule has 72 valence electrons. The molecule has 0 saturated carbocycles. The normalized spacial score (nSPS) is 7.33. The first-order chi connectivity index (χ1) is 4.54. The second-order valence-electron chi connectivity index (χ2n) is 1.62. The summed E-state index contributed by atoms with van der Waals surface area (Å²) in [5, 5.41) is 16.0. The molecule has 0 bridgehead atoms. The Kier molecular flexibility index (Phi) is 10.7. The average molecular weight is 182 g/mol. The van der Waals surface area contributed by atoms with E-state index in [9.17, 15) is 14.4 Å². The van der Waals surface area contributed by atoms with E-state index in [0.29, 0.717) is 0 Å². The van der Waals surface area contributed by atoms with Gasteiger partial charge in [-0.05, 0) is 0 Å². The van der Waals surface area contributed by atoms with Crippen molar-refractivity contribution >= 4 is 17.7 Å². The third-order valence-electron chi connectivity index (χ3n) is 0.804. The van der Waals surface area contributed by atoms with Crippen molar-refractivity contribution in [2.24, 2.45) is 0 Å². The molecule has 0 aromatic rings. The SMILES string of the molecule is O.O.O=C(O)CCC(=O)C(=O)O. The van der Waals surface area contributed by atoms with Crippen molar-refractivity contribution in [3.05, 3.63) is 0 Å². The summed E-state index contributed by atoms with van der Waals surface area (Å²) in [5.74, 6) is -3.82. The van der Waals surface area contributed by atoms with Gasteiger partial charge in [0.05, 0.1) is 6.42 Å². The molecule has 0 heterocycles. The van der Waals surface area contributed by atoms with Crippen molar-refractivity contribution < 1.29 is 35.5 Å². The van der Waals surface area contributed by atoms with Crippen LogP contribution in [0.5, 0.6) is 0 Å². The number of rotatable bonds is 4. The molecule has 0 saturated heterocycles. The molecule has 0 spiro atoms. The predicted octanol–water partition coefficient (Wildman–Crippen LogP) is -2.14. The largest absolute Gasteiger partial charge is 0.481 e. The van der Waals surface area contributed by atoms with Crippen LogP contribution in [0.1, 0.15) is 12.8 Å². The molecule has 0 aliphatic rings. The summed E-state index contributed by atoms with van der Waals surface area (Å²) < 4.78 is 0. The van der Waals surface area contributed by atoms with Crippen molar-refractivity contribution in [3.63, 3.8) is 0 Å². The van der Waals surface area contributed by atoms with Crippen LogP contribution >= 0.6 is 0 Å². The summed E-state index contributed by atoms with van der Waals surface area (Å²) in [4.78, 5) is 29.7. The van der Waals surface area contributed by atoms with Crippen LogP contribution in [-0.4, -0.2) is 38.9 Å². The predicted molar refractivity (Wildman–Crippen MR) is 36.7 cm³/mol. The summed E-state index contributed by atoms with van der Waals surface area (Å²) in [7, 11) is 0. The van der Waals surface area contributed by atoms with Crippen LogP contribution in [0.2, 0.25) is 0 Å². The smallest absolute Gasteiger partial charge is 0.372 e. The Bertz CT molecular complexity index is 173. The lowest BCUT2D eigenvalue weighted by Crippen LogP contribution is -2.13. The lowest BCUT2D eigenvalue weighted by atomic mass is 10.2. The minimum Gasteiger partial charge on any atom is -0.481 e. The Morgan fingerprint density at radius 2 is 1.33 bits per heavy atom. The van der Waals surface area contributed by atoms with Gasteiger partial charge in [0.1, 0.15) is 0 Å². The average Bonchev–Trinajstić information content (AvgIpc) is 1.82. The number of carboxylic acid groups (broad SMARTS) is 2. The van der Waals surface area contributed by atoms with Gasteiger partial charge in [0.25, 0.3) is 0 Å². The maximum Gasteiger partial charge on any atom is 0.372 e. The zero-order valence-corrected chi connectivity index (χ0v) is 6.03. The number of carbonyl (C=O) groups excluding carboxylic acids is 1. The Labute approximate surface area is 67.2 Å². The monoisotopic (exact) mass is 182 g/mol. The number of Topliss-reactive ketones (excluding diaryl/α,β-unsaturated/α-hetero) is 1. The molecule has 0 atom stereocenters. The van der Waals surface area contributed by atoms with Gasteiger partial charge < -0.3 is 21.2 Å². The molecule has 6 N–H and O–H groups in total. The van der Waals surface area contributed by atoms with Gasteiger partial charge in [0, 0.05) is 6.42 Å². The van der Waals surface area contributed by atoms with Gasteiger partial charge in [-0.3, -0.25) is 9.59 Å². The van der Waals surface area contributed by atoms with E-state index in [1.165, 1.54) is 0 Å². The molecule has 0 radical (unpaired) electrons. The molecule has 0 rings (SSSR count). The fraction of sp³-hybridized carbons (Fsp3) is 0.400. The van der Waals surface area contributed by atoms with Crippen LogP contribution in [0, 0.1) is 0 Å². The van der Waals surface area contributed by atoms with Crippen LogP contribution in [-0.2, 0) is 14.4 Å². The standard InChI is InChI=1S/C5H6O5.2H2O/c6-3(5(9)10)1-2-4(7)8;;/h1-2H2,(H,7,8)(H,9,10);2*1H2. The van der Waals surface area contributed by atoms with Crippen molar-refractivity contribution in [1.82, 2.24) is 0 Å². The summed E-state index contributed by atoms with van der Waals surface area (Å²) in [6.45, 7) is 0. The van der Waals surface area contributed by atoms with E-state index in [-0.39, 0.29) is 11.0 Å². The molecule has 0 aromatic carbocycles.